The maximum Gasteiger partial charge on any atom is 0.311 e. The fourth-order valence-corrected chi connectivity index (χ4v) is 2.52. The molecule has 2 rings (SSSR count). The molecule has 0 N–H and O–H groups in total. The van der Waals surface area contributed by atoms with Gasteiger partial charge >= 0.3 is 5.97 Å². The highest BCUT2D eigenvalue weighted by Crippen LogP contribution is 2.43. The molecule has 2 atom stereocenters. The van der Waals surface area contributed by atoms with Gasteiger partial charge in [0, 0.05) is 25.2 Å². The summed E-state index contributed by atoms with van der Waals surface area (Å²) >= 11 is 0. The molecular weight excluding hydrogens is 240 g/mol. The van der Waals surface area contributed by atoms with E-state index in [2.05, 4.69) is 0 Å². The van der Waals surface area contributed by atoms with Crippen LogP contribution in [0.3, 0.4) is 0 Å². The summed E-state index contributed by atoms with van der Waals surface area (Å²) in [4.78, 5) is 11.8. The van der Waals surface area contributed by atoms with E-state index in [1.807, 2.05) is 0 Å². The molecule has 0 unspecified atom stereocenters. The number of alkyl halides is 2. The summed E-state index contributed by atoms with van der Waals surface area (Å²) in [7, 11) is 0. The average Bonchev–Trinajstić information content (AvgIpc) is 2.81. The first kappa shape index (κ1) is 13.1. The van der Waals surface area contributed by atoms with Gasteiger partial charge in [-0.3, -0.25) is 4.79 Å². The van der Waals surface area contributed by atoms with Crippen LogP contribution in [0.25, 0.3) is 0 Å². The van der Waals surface area contributed by atoms with E-state index in [9.17, 15) is 13.6 Å². The van der Waals surface area contributed by atoms with Crippen molar-refractivity contribution in [2.24, 2.45) is 5.92 Å². The van der Waals surface area contributed by atoms with Crippen molar-refractivity contribution >= 4 is 5.97 Å². The Morgan fingerprint density at radius 3 is 2.72 bits per heavy atom. The molecule has 1 aliphatic rings. The third-order valence-corrected chi connectivity index (χ3v) is 3.39. The molecule has 0 amide bonds. The molecule has 1 saturated carbocycles. The van der Waals surface area contributed by atoms with Crippen molar-refractivity contribution in [2.45, 2.75) is 38.2 Å². The topological polar surface area (TPSA) is 31.2 Å². The van der Waals surface area contributed by atoms with Crippen LogP contribution in [0.1, 0.15) is 32.2 Å². The van der Waals surface area contributed by atoms with Gasteiger partial charge in [0.05, 0.1) is 18.6 Å². The molecule has 0 saturated heterocycles. The number of carbonyl (C=O) groups is 1. The van der Waals surface area contributed by atoms with Gasteiger partial charge in [0.15, 0.2) is 0 Å². The number of hydrogen-bond acceptors (Lipinski definition) is 2. The van der Waals surface area contributed by atoms with Gasteiger partial charge in [-0.2, -0.15) is 0 Å². The van der Waals surface area contributed by atoms with Gasteiger partial charge in [-0.05, 0) is 25.5 Å². The lowest BCUT2D eigenvalue weighted by Gasteiger charge is -2.35. The second-order valence-electron chi connectivity index (χ2n) is 4.65. The fraction of sp³-hybridized carbons (Fsp3) is 0.615. The predicted octanol–water partition coefficient (Wildman–Crippen LogP) is 3.03. The van der Waals surface area contributed by atoms with Crippen molar-refractivity contribution in [2.75, 3.05) is 6.61 Å². The Bertz CT molecular complexity index is 403. The summed E-state index contributed by atoms with van der Waals surface area (Å²) in [6.45, 7) is 2.00. The molecule has 0 spiro atoms. The molecule has 1 aliphatic carbocycles. The number of nitrogens with zero attached hydrogens (tertiary/aromatic N) is 1. The predicted molar refractivity (Wildman–Crippen MR) is 62.4 cm³/mol. The Balaban J connectivity index is 2.20. The quantitative estimate of drug-likeness (QED) is 0.779. The maximum absolute atomic E-state index is 13.5. The largest absolute Gasteiger partial charge is 0.466 e. The number of rotatable bonds is 3. The normalized spacial score (nSPS) is 26.8. The summed E-state index contributed by atoms with van der Waals surface area (Å²) in [5.41, 5.74) is 0. The van der Waals surface area contributed by atoms with Crippen LogP contribution in [0.4, 0.5) is 8.78 Å². The van der Waals surface area contributed by atoms with Crippen LogP contribution >= 0.6 is 0 Å². The Hall–Kier alpha value is -1.39. The van der Waals surface area contributed by atoms with E-state index in [4.69, 9.17) is 4.74 Å². The van der Waals surface area contributed by atoms with Crippen LogP contribution in [-0.4, -0.2) is 23.1 Å². The molecule has 1 fully saturated rings. The zero-order chi connectivity index (χ0) is 13.2. The molecule has 0 aromatic carbocycles. The zero-order valence-electron chi connectivity index (χ0n) is 10.3. The third kappa shape index (κ3) is 2.71. The summed E-state index contributed by atoms with van der Waals surface area (Å²) in [6, 6.07) is 3.03. The van der Waals surface area contributed by atoms with Crippen molar-refractivity contribution in [3.8, 4) is 0 Å². The van der Waals surface area contributed by atoms with E-state index in [0.29, 0.717) is 0 Å². The van der Waals surface area contributed by atoms with Crippen molar-refractivity contribution < 1.29 is 18.3 Å². The smallest absolute Gasteiger partial charge is 0.311 e. The maximum atomic E-state index is 13.5. The van der Waals surface area contributed by atoms with E-state index in [1.54, 1.807) is 36.0 Å². The summed E-state index contributed by atoms with van der Waals surface area (Å²) in [5, 5.41) is 0. The van der Waals surface area contributed by atoms with Crippen molar-refractivity contribution in [1.29, 1.82) is 0 Å². The first-order chi connectivity index (χ1) is 8.53. The second-order valence-corrected chi connectivity index (χ2v) is 4.65. The second kappa shape index (κ2) is 5.08. The van der Waals surface area contributed by atoms with E-state index in [-0.39, 0.29) is 31.8 Å². The molecule has 100 valence electrons. The van der Waals surface area contributed by atoms with Gasteiger partial charge in [-0.25, -0.2) is 8.78 Å². The molecule has 0 aliphatic heterocycles. The summed E-state index contributed by atoms with van der Waals surface area (Å²) in [6.07, 6.45) is 3.07. The van der Waals surface area contributed by atoms with Gasteiger partial charge in [-0.1, -0.05) is 0 Å². The molecule has 3 nitrogen and oxygen atoms in total. The van der Waals surface area contributed by atoms with Gasteiger partial charge in [0.25, 0.3) is 0 Å². The lowest BCUT2D eigenvalue weighted by atomic mass is 9.82. The van der Waals surface area contributed by atoms with Crippen LogP contribution in [0.2, 0.25) is 0 Å². The van der Waals surface area contributed by atoms with Crippen LogP contribution < -0.4 is 0 Å². The minimum Gasteiger partial charge on any atom is -0.466 e. The first-order valence-electron chi connectivity index (χ1n) is 6.20. The molecule has 1 aromatic rings. The van der Waals surface area contributed by atoms with Crippen molar-refractivity contribution in [3.63, 3.8) is 0 Å². The van der Waals surface area contributed by atoms with E-state index >= 15 is 0 Å². The minimum atomic E-state index is -2.70. The van der Waals surface area contributed by atoms with E-state index < -0.39 is 17.9 Å². The van der Waals surface area contributed by atoms with Crippen LogP contribution in [0, 0.1) is 5.92 Å². The lowest BCUT2D eigenvalue weighted by Crippen LogP contribution is -2.38. The average molecular weight is 257 g/mol. The van der Waals surface area contributed by atoms with E-state index in [1.165, 1.54) is 0 Å². The highest BCUT2D eigenvalue weighted by molar-refractivity contribution is 5.73. The van der Waals surface area contributed by atoms with Crippen LogP contribution in [0.15, 0.2) is 24.5 Å². The van der Waals surface area contributed by atoms with Gasteiger partial charge < -0.3 is 9.30 Å². The number of halogens is 2. The Morgan fingerprint density at radius 2 is 2.11 bits per heavy atom. The minimum absolute atomic E-state index is 0.175. The fourth-order valence-electron chi connectivity index (χ4n) is 2.52. The number of ether oxygens (including phenoxy) is 1. The van der Waals surface area contributed by atoms with Gasteiger partial charge in [0.1, 0.15) is 0 Å². The Labute approximate surface area is 105 Å². The van der Waals surface area contributed by atoms with Crippen LogP contribution in [-0.2, 0) is 9.53 Å². The third-order valence-electron chi connectivity index (χ3n) is 3.39. The van der Waals surface area contributed by atoms with Crippen LogP contribution in [0.5, 0.6) is 0 Å². The standard InChI is InChI=1S/C13H17F2NO2/c1-2-18-12(17)10-5-6-13(14,15)9-11(10)16-7-3-4-8-16/h3-4,7-8,10-11H,2,5-6,9H2,1H3/t10-,11-/m1/s1. The molecular formula is C13H17F2NO2. The monoisotopic (exact) mass is 257 g/mol. The van der Waals surface area contributed by atoms with Crippen molar-refractivity contribution in [1.82, 2.24) is 4.57 Å². The van der Waals surface area contributed by atoms with Crippen molar-refractivity contribution in [3.05, 3.63) is 24.5 Å². The molecule has 0 bridgehead atoms. The summed E-state index contributed by atoms with van der Waals surface area (Å²) < 4.78 is 33.7. The van der Waals surface area contributed by atoms with Gasteiger partial charge in [-0.15, -0.1) is 0 Å². The highest BCUT2D eigenvalue weighted by atomic mass is 19.3. The molecule has 1 aromatic heterocycles. The summed E-state index contributed by atoms with van der Waals surface area (Å²) in [5.74, 6) is -3.54. The highest BCUT2D eigenvalue weighted by Gasteiger charge is 2.45. The van der Waals surface area contributed by atoms with Gasteiger partial charge in [0.2, 0.25) is 5.92 Å². The Kier molecular flexibility index (Phi) is 3.68. The number of aromatic nitrogens is 1. The Morgan fingerprint density at radius 1 is 1.44 bits per heavy atom. The first-order valence-corrected chi connectivity index (χ1v) is 6.20. The SMILES string of the molecule is CCOC(=O)[C@@H]1CCC(F)(F)C[C@H]1n1cccc1. The molecule has 18 heavy (non-hydrogen) atoms. The molecule has 5 heteroatoms. The number of hydrogen-bond donors (Lipinski definition) is 0. The zero-order valence-corrected chi connectivity index (χ0v) is 10.3. The molecule has 1 heterocycles. The number of carbonyl (C=O) groups excluding carboxylic acids is 1. The molecule has 0 radical (unpaired) electrons. The lowest BCUT2D eigenvalue weighted by molar-refractivity contribution is -0.155. The van der Waals surface area contributed by atoms with E-state index in [0.717, 1.165) is 0 Å². The number of esters is 1.